The van der Waals surface area contributed by atoms with Gasteiger partial charge in [-0.25, -0.2) is 4.79 Å². The van der Waals surface area contributed by atoms with Crippen LogP contribution in [0.3, 0.4) is 0 Å². The number of amides is 1. The first-order chi connectivity index (χ1) is 16.7. The molecule has 0 saturated carbocycles. The highest BCUT2D eigenvalue weighted by Crippen LogP contribution is 2.44. The van der Waals surface area contributed by atoms with E-state index >= 15 is 0 Å². The molecule has 3 aromatic rings. The Bertz CT molecular complexity index is 1190. The van der Waals surface area contributed by atoms with Crippen LogP contribution in [0.5, 0.6) is 0 Å². The molecule has 1 N–H and O–H groups in total. The normalized spacial score (nSPS) is 12.6. The largest absolute Gasteiger partial charge is 0.460 e. The van der Waals surface area contributed by atoms with Gasteiger partial charge in [-0.1, -0.05) is 72.3 Å². The van der Waals surface area contributed by atoms with E-state index in [1.165, 1.54) is 11.1 Å². The van der Waals surface area contributed by atoms with Crippen LogP contribution in [-0.4, -0.2) is 24.3 Å². The fourth-order valence-electron chi connectivity index (χ4n) is 4.47. The predicted octanol–water partition coefficient (Wildman–Crippen LogP) is 7.37. The van der Waals surface area contributed by atoms with Gasteiger partial charge < -0.3 is 9.47 Å². The van der Waals surface area contributed by atoms with E-state index in [0.717, 1.165) is 16.7 Å². The van der Waals surface area contributed by atoms with Crippen molar-refractivity contribution in [3.63, 3.8) is 0 Å². The lowest BCUT2D eigenvalue weighted by Gasteiger charge is -2.19. The van der Waals surface area contributed by atoms with Gasteiger partial charge in [-0.2, -0.15) is 0 Å². The lowest BCUT2D eigenvalue weighted by Crippen LogP contribution is -2.23. The average Bonchev–Trinajstić information content (AvgIpc) is 3.12. The second-order valence-electron chi connectivity index (χ2n) is 9.66. The summed E-state index contributed by atoms with van der Waals surface area (Å²) in [5, 5.41) is 3.24. The number of benzene rings is 3. The number of hydrogen-bond donors (Lipinski definition) is 1. The summed E-state index contributed by atoms with van der Waals surface area (Å²) in [6.07, 6.45) is 0.870. The van der Waals surface area contributed by atoms with Crippen molar-refractivity contribution in [1.29, 1.82) is 0 Å². The molecule has 182 valence electrons. The first-order valence-corrected chi connectivity index (χ1v) is 12.2. The molecule has 0 unspecified atom stereocenters. The number of carbonyl (C=O) groups excluding carboxylic acids is 2. The van der Waals surface area contributed by atoms with Crippen LogP contribution in [0.4, 0.5) is 10.5 Å². The number of anilines is 1. The lowest BCUT2D eigenvalue weighted by atomic mass is 9.98. The number of nitrogens with one attached hydrogen (secondary N) is 1. The Morgan fingerprint density at radius 3 is 2.17 bits per heavy atom. The molecular formula is C29H30ClNO4. The van der Waals surface area contributed by atoms with E-state index in [-0.39, 0.29) is 24.9 Å². The molecule has 1 aliphatic rings. The van der Waals surface area contributed by atoms with Crippen molar-refractivity contribution in [3.05, 3.63) is 88.4 Å². The SMILES string of the molecule is CC(C)(C)OC(=O)CCCc1cccc(Cl)c1NC(=O)OCC1c2ccccc2-c2ccccc21. The summed E-state index contributed by atoms with van der Waals surface area (Å²) >= 11 is 6.40. The molecule has 35 heavy (non-hydrogen) atoms. The summed E-state index contributed by atoms with van der Waals surface area (Å²) in [6.45, 7) is 5.76. The minimum atomic E-state index is -0.562. The van der Waals surface area contributed by atoms with E-state index in [1.54, 1.807) is 6.07 Å². The Balaban J connectivity index is 1.39. The molecule has 0 heterocycles. The van der Waals surface area contributed by atoms with E-state index in [9.17, 15) is 9.59 Å². The van der Waals surface area contributed by atoms with Crippen LogP contribution in [0.15, 0.2) is 66.7 Å². The third-order valence-electron chi connectivity index (χ3n) is 5.92. The zero-order chi connectivity index (χ0) is 25.0. The molecule has 5 nitrogen and oxygen atoms in total. The molecule has 1 aliphatic carbocycles. The summed E-state index contributed by atoms with van der Waals surface area (Å²) in [7, 11) is 0. The number of ether oxygens (including phenoxy) is 2. The van der Waals surface area contributed by atoms with E-state index in [2.05, 4.69) is 29.6 Å². The van der Waals surface area contributed by atoms with E-state index < -0.39 is 11.7 Å². The highest BCUT2D eigenvalue weighted by molar-refractivity contribution is 6.33. The maximum absolute atomic E-state index is 12.8. The van der Waals surface area contributed by atoms with Crippen molar-refractivity contribution in [2.24, 2.45) is 0 Å². The lowest BCUT2D eigenvalue weighted by molar-refractivity contribution is -0.154. The standard InChI is InChI=1S/C29H30ClNO4/c1-29(2,3)35-26(32)17-9-11-19-10-8-16-25(30)27(19)31-28(33)34-18-24-22-14-6-4-12-20(22)21-13-5-7-15-23(21)24/h4-8,10,12-16,24H,9,11,17-18H2,1-3H3,(H,31,33). The van der Waals surface area contributed by atoms with Crippen LogP contribution in [-0.2, 0) is 20.7 Å². The molecule has 0 radical (unpaired) electrons. The summed E-state index contributed by atoms with van der Waals surface area (Å²) in [5.41, 5.74) is 5.50. The van der Waals surface area contributed by atoms with Gasteiger partial charge in [-0.15, -0.1) is 0 Å². The highest BCUT2D eigenvalue weighted by Gasteiger charge is 2.29. The molecule has 0 aromatic heterocycles. The van der Waals surface area contributed by atoms with Gasteiger partial charge in [0.2, 0.25) is 0 Å². The van der Waals surface area contributed by atoms with Crippen LogP contribution >= 0.6 is 11.6 Å². The molecule has 3 aromatic carbocycles. The molecule has 6 heteroatoms. The minimum Gasteiger partial charge on any atom is -0.460 e. The Hall–Kier alpha value is -3.31. The molecule has 0 fully saturated rings. The van der Waals surface area contributed by atoms with Crippen LogP contribution < -0.4 is 5.32 Å². The Kier molecular flexibility index (Phi) is 7.46. The molecule has 0 spiro atoms. The van der Waals surface area contributed by atoms with Crippen molar-refractivity contribution >= 4 is 29.4 Å². The number of para-hydroxylation sites is 1. The average molecular weight is 492 g/mol. The molecule has 0 saturated heterocycles. The number of halogens is 1. The smallest absolute Gasteiger partial charge is 0.411 e. The third-order valence-corrected chi connectivity index (χ3v) is 6.23. The Labute approximate surface area is 211 Å². The van der Waals surface area contributed by atoms with Gasteiger partial charge >= 0.3 is 12.1 Å². The number of hydrogen-bond acceptors (Lipinski definition) is 4. The molecule has 4 rings (SSSR count). The molecule has 0 aliphatic heterocycles. The fourth-order valence-corrected chi connectivity index (χ4v) is 4.71. The van der Waals surface area contributed by atoms with Crippen LogP contribution in [0.1, 0.15) is 56.2 Å². The van der Waals surface area contributed by atoms with Crippen LogP contribution in [0.2, 0.25) is 5.02 Å². The monoisotopic (exact) mass is 491 g/mol. The van der Waals surface area contributed by atoms with Gasteiger partial charge in [0.15, 0.2) is 0 Å². The van der Waals surface area contributed by atoms with Crippen molar-refractivity contribution in [2.75, 3.05) is 11.9 Å². The number of rotatable bonds is 7. The van der Waals surface area contributed by atoms with Crippen molar-refractivity contribution in [1.82, 2.24) is 0 Å². The van der Waals surface area contributed by atoms with Gasteiger partial charge in [0.1, 0.15) is 12.2 Å². The van der Waals surface area contributed by atoms with Gasteiger partial charge in [0.05, 0.1) is 10.7 Å². The van der Waals surface area contributed by atoms with E-state index in [4.69, 9.17) is 21.1 Å². The quantitative estimate of drug-likeness (QED) is 0.350. The maximum Gasteiger partial charge on any atom is 0.411 e. The first kappa shape index (κ1) is 24.8. The van der Waals surface area contributed by atoms with Gasteiger partial charge in [0.25, 0.3) is 0 Å². The summed E-state index contributed by atoms with van der Waals surface area (Å²) < 4.78 is 11.0. The first-order valence-electron chi connectivity index (χ1n) is 11.8. The van der Waals surface area contributed by atoms with Gasteiger partial charge in [-0.3, -0.25) is 10.1 Å². The van der Waals surface area contributed by atoms with E-state index in [0.29, 0.717) is 23.6 Å². The van der Waals surface area contributed by atoms with Crippen LogP contribution in [0.25, 0.3) is 11.1 Å². The van der Waals surface area contributed by atoms with Crippen molar-refractivity contribution in [3.8, 4) is 11.1 Å². The Morgan fingerprint density at radius 2 is 1.54 bits per heavy atom. The molecule has 0 atom stereocenters. The predicted molar refractivity (Wildman–Crippen MR) is 139 cm³/mol. The minimum absolute atomic E-state index is 0.0207. The number of carbonyl (C=O) groups is 2. The molecule has 1 amide bonds. The number of fused-ring (bicyclic) bond motifs is 3. The Morgan fingerprint density at radius 1 is 0.914 bits per heavy atom. The third kappa shape index (κ3) is 6.04. The maximum atomic E-state index is 12.8. The zero-order valence-electron chi connectivity index (χ0n) is 20.3. The second-order valence-corrected chi connectivity index (χ2v) is 10.1. The summed E-state index contributed by atoms with van der Waals surface area (Å²) in [6, 6.07) is 21.8. The topological polar surface area (TPSA) is 64.6 Å². The van der Waals surface area contributed by atoms with Crippen molar-refractivity contribution < 1.29 is 19.1 Å². The molecular weight excluding hydrogens is 462 g/mol. The van der Waals surface area contributed by atoms with Crippen LogP contribution in [0, 0.1) is 0 Å². The van der Waals surface area contributed by atoms with Gasteiger partial charge in [-0.05, 0) is 67.5 Å². The summed E-state index contributed by atoms with van der Waals surface area (Å²) in [5.74, 6) is -0.265. The van der Waals surface area contributed by atoms with Gasteiger partial charge in [0, 0.05) is 12.3 Å². The van der Waals surface area contributed by atoms with Crippen molar-refractivity contribution in [2.45, 2.75) is 51.6 Å². The fraction of sp³-hybridized carbons (Fsp3) is 0.310. The van der Waals surface area contributed by atoms with E-state index in [1.807, 2.05) is 57.2 Å². The number of aryl methyl sites for hydroxylation is 1. The highest BCUT2D eigenvalue weighted by atomic mass is 35.5. The molecule has 0 bridgehead atoms. The summed E-state index contributed by atoms with van der Waals surface area (Å²) in [4.78, 5) is 24.8. The number of esters is 1. The second kappa shape index (κ2) is 10.5. The zero-order valence-corrected chi connectivity index (χ0v) is 21.0.